The van der Waals surface area contributed by atoms with Gasteiger partial charge in [0.15, 0.2) is 0 Å². The maximum absolute atomic E-state index is 9.09. The van der Waals surface area contributed by atoms with Crippen molar-refractivity contribution in [1.29, 1.82) is 5.26 Å². The van der Waals surface area contributed by atoms with E-state index in [0.717, 1.165) is 14.5 Å². The van der Waals surface area contributed by atoms with Crippen molar-refractivity contribution < 1.29 is 4.74 Å². The van der Waals surface area contributed by atoms with Crippen LogP contribution in [0.3, 0.4) is 0 Å². The molecule has 4 heteroatoms. The van der Waals surface area contributed by atoms with Crippen LogP contribution in [0.15, 0.2) is 24.4 Å². The minimum Gasteiger partial charge on any atom is -0.489 e. The summed E-state index contributed by atoms with van der Waals surface area (Å²) in [5.74, 6) is 0.631. The Morgan fingerprint density at radius 1 is 1.41 bits per heavy atom. The summed E-state index contributed by atoms with van der Waals surface area (Å²) in [6.45, 7) is 3.89. The molecule has 0 aliphatic carbocycles. The molecule has 0 aliphatic heterocycles. The van der Waals surface area contributed by atoms with Crippen LogP contribution < -0.4 is 4.74 Å². The lowest BCUT2D eigenvalue weighted by Crippen LogP contribution is -2.07. The van der Waals surface area contributed by atoms with E-state index in [-0.39, 0.29) is 6.10 Å². The van der Waals surface area contributed by atoms with E-state index in [9.17, 15) is 0 Å². The molecule has 3 nitrogen and oxygen atoms in total. The Morgan fingerprint density at radius 2 is 2.18 bits per heavy atom. The van der Waals surface area contributed by atoms with Crippen LogP contribution in [0.4, 0.5) is 0 Å². The number of ether oxygens (including phenoxy) is 1. The molecular formula is C13H11IN2O. The van der Waals surface area contributed by atoms with Gasteiger partial charge < -0.3 is 4.74 Å². The first-order valence-corrected chi connectivity index (χ1v) is 6.34. The van der Waals surface area contributed by atoms with Crippen molar-refractivity contribution in [1.82, 2.24) is 4.98 Å². The summed E-state index contributed by atoms with van der Waals surface area (Å²) in [5.41, 5.74) is 1.33. The van der Waals surface area contributed by atoms with E-state index in [1.165, 1.54) is 0 Å². The lowest BCUT2D eigenvalue weighted by Gasteiger charge is -2.13. The number of rotatable bonds is 2. The van der Waals surface area contributed by atoms with Gasteiger partial charge in [-0.2, -0.15) is 5.26 Å². The second-order valence-electron chi connectivity index (χ2n) is 3.94. The van der Waals surface area contributed by atoms with Gasteiger partial charge in [0, 0.05) is 15.2 Å². The van der Waals surface area contributed by atoms with Crippen LogP contribution in [0.2, 0.25) is 0 Å². The molecule has 0 saturated carbocycles. The molecule has 0 fully saturated rings. The van der Waals surface area contributed by atoms with E-state index in [1.54, 1.807) is 6.20 Å². The molecule has 0 amide bonds. The van der Waals surface area contributed by atoms with E-state index in [2.05, 4.69) is 33.6 Å². The van der Waals surface area contributed by atoms with Crippen molar-refractivity contribution in [3.8, 4) is 11.8 Å². The lowest BCUT2D eigenvalue weighted by atomic mass is 10.1. The zero-order valence-electron chi connectivity index (χ0n) is 9.57. The SMILES string of the molecule is CC(C)Oc1c(C#N)cnc2ccc(I)cc12. The van der Waals surface area contributed by atoms with Gasteiger partial charge in [-0.3, -0.25) is 4.98 Å². The van der Waals surface area contributed by atoms with Crippen molar-refractivity contribution in [3.63, 3.8) is 0 Å². The first-order chi connectivity index (χ1) is 8.11. The first-order valence-electron chi connectivity index (χ1n) is 5.27. The van der Waals surface area contributed by atoms with E-state index in [0.29, 0.717) is 11.3 Å². The molecule has 0 aliphatic rings. The minimum absolute atomic E-state index is 0.0329. The van der Waals surface area contributed by atoms with Crippen LogP contribution in [0, 0.1) is 14.9 Å². The topological polar surface area (TPSA) is 45.9 Å². The Kier molecular flexibility index (Phi) is 3.48. The summed E-state index contributed by atoms with van der Waals surface area (Å²) in [5, 5.41) is 9.98. The van der Waals surface area contributed by atoms with Gasteiger partial charge in [0.05, 0.1) is 11.6 Å². The largest absolute Gasteiger partial charge is 0.489 e. The number of aromatic nitrogens is 1. The van der Waals surface area contributed by atoms with E-state index < -0.39 is 0 Å². The third kappa shape index (κ3) is 2.50. The third-order valence-corrected chi connectivity index (χ3v) is 2.93. The normalized spacial score (nSPS) is 10.5. The second kappa shape index (κ2) is 4.88. The maximum atomic E-state index is 9.09. The van der Waals surface area contributed by atoms with Gasteiger partial charge >= 0.3 is 0 Å². The Bertz CT molecular complexity index is 602. The molecule has 2 rings (SSSR count). The second-order valence-corrected chi connectivity index (χ2v) is 5.19. The van der Waals surface area contributed by atoms with E-state index >= 15 is 0 Å². The van der Waals surface area contributed by atoms with Crippen molar-refractivity contribution in [2.24, 2.45) is 0 Å². The summed E-state index contributed by atoms with van der Waals surface area (Å²) in [4.78, 5) is 4.26. The maximum Gasteiger partial charge on any atom is 0.148 e. The molecule has 0 saturated heterocycles. The van der Waals surface area contributed by atoms with Gasteiger partial charge in [-0.05, 0) is 54.6 Å². The number of hydrogen-bond acceptors (Lipinski definition) is 3. The number of pyridine rings is 1. The molecule has 0 N–H and O–H groups in total. The Morgan fingerprint density at radius 3 is 2.82 bits per heavy atom. The average Bonchev–Trinajstić information content (AvgIpc) is 2.29. The van der Waals surface area contributed by atoms with Gasteiger partial charge in [0.2, 0.25) is 0 Å². The monoisotopic (exact) mass is 338 g/mol. The molecule has 1 heterocycles. The molecule has 0 spiro atoms. The Hall–Kier alpha value is -1.35. The minimum atomic E-state index is 0.0329. The summed E-state index contributed by atoms with van der Waals surface area (Å²) < 4.78 is 6.84. The van der Waals surface area contributed by atoms with Gasteiger partial charge in [-0.25, -0.2) is 0 Å². The molecular weight excluding hydrogens is 327 g/mol. The number of nitrogens with zero attached hydrogens (tertiary/aromatic N) is 2. The lowest BCUT2D eigenvalue weighted by molar-refractivity contribution is 0.244. The summed E-state index contributed by atoms with van der Waals surface area (Å²) in [6, 6.07) is 8.03. The predicted octanol–water partition coefficient (Wildman–Crippen LogP) is 3.50. The van der Waals surface area contributed by atoms with Crippen molar-refractivity contribution >= 4 is 33.5 Å². The van der Waals surface area contributed by atoms with Crippen LogP contribution in [0.25, 0.3) is 10.9 Å². The summed E-state index contributed by atoms with van der Waals surface area (Å²) >= 11 is 2.24. The first kappa shape index (κ1) is 12.1. The molecule has 1 aromatic heterocycles. The average molecular weight is 338 g/mol. The van der Waals surface area contributed by atoms with Crippen LogP contribution in [0.5, 0.6) is 5.75 Å². The van der Waals surface area contributed by atoms with Crippen LogP contribution in [-0.4, -0.2) is 11.1 Å². The molecule has 0 bridgehead atoms. The van der Waals surface area contributed by atoms with Crippen molar-refractivity contribution in [3.05, 3.63) is 33.5 Å². The van der Waals surface area contributed by atoms with Crippen LogP contribution >= 0.6 is 22.6 Å². The molecule has 0 radical (unpaired) electrons. The molecule has 0 atom stereocenters. The number of hydrogen-bond donors (Lipinski definition) is 0. The van der Waals surface area contributed by atoms with Crippen LogP contribution in [0.1, 0.15) is 19.4 Å². The van der Waals surface area contributed by atoms with E-state index in [1.807, 2.05) is 32.0 Å². The highest BCUT2D eigenvalue weighted by Gasteiger charge is 2.11. The summed E-state index contributed by atoms with van der Waals surface area (Å²) in [6.07, 6.45) is 1.60. The summed E-state index contributed by atoms with van der Waals surface area (Å²) in [7, 11) is 0. The zero-order chi connectivity index (χ0) is 12.4. The highest BCUT2D eigenvalue weighted by atomic mass is 127. The van der Waals surface area contributed by atoms with Crippen molar-refractivity contribution in [2.45, 2.75) is 20.0 Å². The quantitative estimate of drug-likeness (QED) is 0.788. The van der Waals surface area contributed by atoms with Crippen molar-refractivity contribution in [2.75, 3.05) is 0 Å². The molecule has 86 valence electrons. The van der Waals surface area contributed by atoms with Gasteiger partial charge in [0.25, 0.3) is 0 Å². The Labute approximate surface area is 114 Å². The standard InChI is InChI=1S/C13H11IN2O/c1-8(2)17-13-9(6-15)7-16-12-4-3-10(14)5-11(12)13/h3-5,7-8H,1-2H3. The number of nitriles is 1. The van der Waals surface area contributed by atoms with E-state index in [4.69, 9.17) is 10.00 Å². The van der Waals surface area contributed by atoms with Crippen LogP contribution in [-0.2, 0) is 0 Å². The van der Waals surface area contributed by atoms with Gasteiger partial charge in [-0.1, -0.05) is 0 Å². The fraction of sp³-hybridized carbons (Fsp3) is 0.231. The molecule has 0 unspecified atom stereocenters. The zero-order valence-corrected chi connectivity index (χ0v) is 11.7. The van der Waals surface area contributed by atoms with Gasteiger partial charge in [0.1, 0.15) is 17.4 Å². The highest BCUT2D eigenvalue weighted by Crippen LogP contribution is 2.30. The molecule has 2 aromatic rings. The predicted molar refractivity (Wildman–Crippen MR) is 74.9 cm³/mol. The smallest absolute Gasteiger partial charge is 0.148 e. The fourth-order valence-corrected chi connectivity index (χ4v) is 2.07. The number of benzene rings is 1. The fourth-order valence-electron chi connectivity index (χ4n) is 1.58. The van der Waals surface area contributed by atoms with Gasteiger partial charge in [-0.15, -0.1) is 0 Å². The third-order valence-electron chi connectivity index (χ3n) is 2.25. The highest BCUT2D eigenvalue weighted by molar-refractivity contribution is 14.1. The number of halogens is 1. The number of fused-ring (bicyclic) bond motifs is 1. The molecule has 1 aromatic carbocycles. The molecule has 17 heavy (non-hydrogen) atoms. The Balaban J connectivity index is 2.73.